The lowest BCUT2D eigenvalue weighted by Crippen LogP contribution is -2.46. The lowest BCUT2D eigenvalue weighted by molar-refractivity contribution is -0.125. The van der Waals surface area contributed by atoms with E-state index in [4.69, 9.17) is 0 Å². The average Bonchev–Trinajstić information content (AvgIpc) is 3.20. The Morgan fingerprint density at radius 3 is 1.02 bits per heavy atom. The molecule has 0 bridgehead atoms. The van der Waals surface area contributed by atoms with E-state index < -0.39 is 18.2 Å². The first-order valence-corrected chi connectivity index (χ1v) is 26.0. The Balaban J connectivity index is 3.53. The second kappa shape index (κ2) is 47.8. The number of unbranched alkanes of at least 4 members (excludes halogenated alkanes) is 37. The molecule has 0 radical (unpaired) electrons. The van der Waals surface area contributed by atoms with Crippen LogP contribution < -0.4 is 5.32 Å². The van der Waals surface area contributed by atoms with Gasteiger partial charge in [0.25, 0.3) is 0 Å². The first kappa shape index (κ1) is 56.1. The van der Waals surface area contributed by atoms with Gasteiger partial charge in [0.05, 0.1) is 31.3 Å². The van der Waals surface area contributed by atoms with Crippen LogP contribution in [0.5, 0.6) is 0 Å². The van der Waals surface area contributed by atoms with E-state index in [-0.39, 0.29) is 18.9 Å². The summed E-state index contributed by atoms with van der Waals surface area (Å²) in [6.45, 7) is 4.29. The van der Waals surface area contributed by atoms with E-state index in [2.05, 4.69) is 31.3 Å². The predicted molar refractivity (Wildman–Crippen MR) is 250 cm³/mol. The SMILES string of the molecule is CCCCCCCCCC/C=C\CCCCCCCC(O)CC(=O)NC(CO)C(O)CCCCCCCCCCCCCCCCCCCCCCCCCCC. The minimum atomic E-state index is -0.749. The fourth-order valence-corrected chi connectivity index (χ4v) is 8.34. The van der Waals surface area contributed by atoms with Crippen molar-refractivity contribution in [1.29, 1.82) is 0 Å². The summed E-state index contributed by atoms with van der Waals surface area (Å²) < 4.78 is 0. The quantitative estimate of drug-likeness (QED) is 0.0364. The van der Waals surface area contributed by atoms with Gasteiger partial charge in [0.1, 0.15) is 0 Å². The van der Waals surface area contributed by atoms with Crippen LogP contribution in [0.2, 0.25) is 0 Å². The van der Waals surface area contributed by atoms with Crippen LogP contribution in [-0.2, 0) is 4.79 Å². The molecule has 0 heterocycles. The van der Waals surface area contributed by atoms with E-state index in [0.717, 1.165) is 32.1 Å². The Morgan fingerprint density at radius 1 is 0.421 bits per heavy atom. The molecule has 0 aliphatic rings. The summed E-state index contributed by atoms with van der Waals surface area (Å²) in [6, 6.07) is -0.659. The van der Waals surface area contributed by atoms with Crippen LogP contribution in [0, 0.1) is 0 Å². The maximum atomic E-state index is 12.5. The van der Waals surface area contributed by atoms with Gasteiger partial charge in [-0.05, 0) is 38.5 Å². The van der Waals surface area contributed by atoms with E-state index in [0.29, 0.717) is 12.8 Å². The van der Waals surface area contributed by atoms with E-state index in [9.17, 15) is 20.1 Å². The fraction of sp³-hybridized carbons (Fsp3) is 0.942. The van der Waals surface area contributed by atoms with Gasteiger partial charge in [-0.15, -0.1) is 0 Å². The van der Waals surface area contributed by atoms with Gasteiger partial charge in [-0.1, -0.05) is 257 Å². The molecular formula is C52H103NO4. The van der Waals surface area contributed by atoms with Gasteiger partial charge in [0.15, 0.2) is 0 Å². The number of amides is 1. The number of aliphatic hydroxyl groups is 3. The van der Waals surface area contributed by atoms with E-state index in [1.165, 1.54) is 225 Å². The number of rotatable bonds is 48. The van der Waals surface area contributed by atoms with E-state index in [1.807, 2.05) is 0 Å². The Hall–Kier alpha value is -0.910. The van der Waals surface area contributed by atoms with Crippen LogP contribution in [0.1, 0.15) is 290 Å². The van der Waals surface area contributed by atoms with Gasteiger partial charge < -0.3 is 20.6 Å². The lowest BCUT2D eigenvalue weighted by atomic mass is 10.0. The number of allylic oxidation sites excluding steroid dienone is 2. The third kappa shape index (κ3) is 44.5. The normalized spacial score (nSPS) is 13.4. The average molecular weight is 806 g/mol. The van der Waals surface area contributed by atoms with Crippen molar-refractivity contribution >= 4 is 5.91 Å². The predicted octanol–water partition coefficient (Wildman–Crippen LogP) is 15.6. The summed E-state index contributed by atoms with van der Waals surface area (Å²) in [5.74, 6) is -0.283. The van der Waals surface area contributed by atoms with Crippen LogP contribution in [0.3, 0.4) is 0 Å². The number of carbonyl (C=O) groups is 1. The molecule has 5 nitrogen and oxygen atoms in total. The number of hydrogen-bond acceptors (Lipinski definition) is 4. The van der Waals surface area contributed by atoms with Crippen molar-refractivity contribution in [3.8, 4) is 0 Å². The number of aliphatic hydroxyl groups excluding tert-OH is 3. The molecule has 0 aromatic rings. The molecule has 0 fully saturated rings. The molecule has 57 heavy (non-hydrogen) atoms. The van der Waals surface area contributed by atoms with Gasteiger partial charge in [0, 0.05) is 0 Å². The van der Waals surface area contributed by atoms with Crippen molar-refractivity contribution in [3.05, 3.63) is 12.2 Å². The summed E-state index contributed by atoms with van der Waals surface area (Å²) >= 11 is 0. The van der Waals surface area contributed by atoms with Crippen LogP contribution in [0.4, 0.5) is 0 Å². The smallest absolute Gasteiger partial charge is 0.222 e. The third-order valence-electron chi connectivity index (χ3n) is 12.3. The van der Waals surface area contributed by atoms with Crippen molar-refractivity contribution in [2.45, 2.75) is 308 Å². The molecule has 3 atom stereocenters. The summed E-state index contributed by atoms with van der Waals surface area (Å²) in [5, 5.41) is 33.5. The Kier molecular flexibility index (Phi) is 47.0. The molecule has 0 rings (SSSR count). The largest absolute Gasteiger partial charge is 0.394 e. The van der Waals surface area contributed by atoms with Crippen molar-refractivity contribution in [1.82, 2.24) is 5.32 Å². The molecule has 0 aromatic carbocycles. The summed E-state index contributed by atoms with van der Waals surface area (Å²) in [5.41, 5.74) is 0. The summed E-state index contributed by atoms with van der Waals surface area (Å²) in [7, 11) is 0. The van der Waals surface area contributed by atoms with Crippen LogP contribution in [-0.4, -0.2) is 46.1 Å². The molecule has 0 spiro atoms. The number of hydrogen-bond donors (Lipinski definition) is 4. The molecule has 4 N–H and O–H groups in total. The zero-order valence-electron chi connectivity index (χ0n) is 38.7. The van der Waals surface area contributed by atoms with E-state index in [1.54, 1.807) is 0 Å². The Bertz CT molecular complexity index is 803. The minimum Gasteiger partial charge on any atom is -0.394 e. The van der Waals surface area contributed by atoms with Gasteiger partial charge in [-0.3, -0.25) is 4.79 Å². The van der Waals surface area contributed by atoms with Crippen molar-refractivity contribution in [3.63, 3.8) is 0 Å². The first-order chi connectivity index (χ1) is 28.0. The number of nitrogens with one attached hydrogen (secondary N) is 1. The molecule has 5 heteroatoms. The van der Waals surface area contributed by atoms with Crippen LogP contribution in [0.15, 0.2) is 12.2 Å². The standard InChI is InChI=1S/C52H103NO4/c1-3-5-7-9-11-13-15-17-19-21-22-23-24-25-26-27-28-30-32-34-36-38-40-42-44-46-51(56)50(48-54)53-52(57)47-49(55)45-43-41-39-37-35-33-31-29-20-18-16-14-12-10-8-6-4-2/h29,31,49-51,54-56H,3-28,30,32-48H2,1-2H3,(H,53,57)/b31-29-. The molecule has 3 unspecified atom stereocenters. The monoisotopic (exact) mass is 806 g/mol. The molecule has 0 aliphatic carbocycles. The highest BCUT2D eigenvalue weighted by Crippen LogP contribution is 2.17. The van der Waals surface area contributed by atoms with E-state index >= 15 is 0 Å². The van der Waals surface area contributed by atoms with Crippen LogP contribution >= 0.6 is 0 Å². The van der Waals surface area contributed by atoms with Crippen molar-refractivity contribution in [2.75, 3.05) is 6.61 Å². The third-order valence-corrected chi connectivity index (χ3v) is 12.3. The Labute approximate surface area is 357 Å². The topological polar surface area (TPSA) is 89.8 Å². The molecule has 1 amide bonds. The molecule has 0 saturated carbocycles. The second-order valence-corrected chi connectivity index (χ2v) is 18.1. The van der Waals surface area contributed by atoms with Crippen LogP contribution in [0.25, 0.3) is 0 Å². The van der Waals surface area contributed by atoms with Gasteiger partial charge >= 0.3 is 0 Å². The second-order valence-electron chi connectivity index (χ2n) is 18.1. The van der Waals surface area contributed by atoms with Gasteiger partial charge in [-0.25, -0.2) is 0 Å². The first-order valence-electron chi connectivity index (χ1n) is 26.0. The summed E-state index contributed by atoms with van der Waals surface area (Å²) in [6.07, 6.45) is 57.8. The molecule has 0 aromatic heterocycles. The highest BCUT2D eigenvalue weighted by Gasteiger charge is 2.21. The maximum Gasteiger partial charge on any atom is 0.222 e. The maximum absolute atomic E-state index is 12.5. The van der Waals surface area contributed by atoms with Gasteiger partial charge in [0.2, 0.25) is 5.91 Å². The van der Waals surface area contributed by atoms with Crippen molar-refractivity contribution < 1.29 is 20.1 Å². The molecular weight excluding hydrogens is 703 g/mol. The zero-order valence-corrected chi connectivity index (χ0v) is 38.7. The number of carbonyl (C=O) groups excluding carboxylic acids is 1. The molecule has 0 aliphatic heterocycles. The van der Waals surface area contributed by atoms with Crippen molar-refractivity contribution in [2.24, 2.45) is 0 Å². The summed E-state index contributed by atoms with van der Waals surface area (Å²) in [4.78, 5) is 12.5. The highest BCUT2D eigenvalue weighted by molar-refractivity contribution is 5.76. The minimum absolute atomic E-state index is 0.0341. The molecule has 0 saturated heterocycles. The zero-order chi connectivity index (χ0) is 41.5. The highest BCUT2D eigenvalue weighted by atomic mass is 16.3. The van der Waals surface area contributed by atoms with Gasteiger partial charge in [-0.2, -0.15) is 0 Å². The lowest BCUT2D eigenvalue weighted by Gasteiger charge is -2.23. The Morgan fingerprint density at radius 2 is 0.702 bits per heavy atom. The fourth-order valence-electron chi connectivity index (χ4n) is 8.34. The molecule has 340 valence electrons.